The van der Waals surface area contributed by atoms with E-state index in [4.69, 9.17) is 0 Å². The second-order valence-corrected chi connectivity index (χ2v) is 4.64. The zero-order valence-electron chi connectivity index (χ0n) is 11.4. The zero-order valence-corrected chi connectivity index (χ0v) is 11.4. The van der Waals surface area contributed by atoms with Gasteiger partial charge >= 0.3 is 0 Å². The van der Waals surface area contributed by atoms with Crippen LogP contribution in [0, 0.1) is 0 Å². The quantitative estimate of drug-likeness (QED) is 0.347. The van der Waals surface area contributed by atoms with Gasteiger partial charge in [-0.2, -0.15) is 0 Å². The molecule has 0 rings (SSSR count). The Hall–Kier alpha value is -1.36. The maximum Gasteiger partial charge on any atom is 0.234 e. The molecule has 0 radical (unpaired) electrons. The van der Waals surface area contributed by atoms with Crippen molar-refractivity contribution in [1.82, 2.24) is 0 Å². The van der Waals surface area contributed by atoms with E-state index in [9.17, 15) is 24.9 Å². The Kier molecular flexibility index (Phi) is 11.8. The Morgan fingerprint density at radius 2 is 0.950 bits per heavy atom. The monoisotopic (exact) mass is 286 g/mol. The molecule has 0 aromatic heterocycles. The summed E-state index contributed by atoms with van der Waals surface area (Å²) in [5, 5.41) is 28.8. The third-order valence-corrected chi connectivity index (χ3v) is 2.94. The number of aliphatic hydroxyl groups is 3. The van der Waals surface area contributed by atoms with Crippen LogP contribution in [0.1, 0.15) is 38.5 Å². The molecule has 3 N–H and O–H groups in total. The third-order valence-electron chi connectivity index (χ3n) is 2.94. The third kappa shape index (κ3) is 11.7. The predicted octanol–water partition coefficient (Wildman–Crippen LogP) is 0.0813. The van der Waals surface area contributed by atoms with Crippen LogP contribution in [-0.4, -0.2) is 58.9 Å². The number of nitrogens with zero attached hydrogens (tertiary/aromatic N) is 2. The number of carbonyl (C=O) groups excluding carboxylic acids is 2. The minimum Gasteiger partial charge on any atom is -0.393 e. The van der Waals surface area contributed by atoms with E-state index in [1.807, 2.05) is 0 Å². The molecule has 0 amide bonds. The van der Waals surface area contributed by atoms with Gasteiger partial charge in [0.1, 0.15) is 0 Å². The van der Waals surface area contributed by atoms with Gasteiger partial charge in [0.2, 0.25) is 12.2 Å². The number of aliphatic imine (C=N–C) groups is 2. The van der Waals surface area contributed by atoms with Crippen molar-refractivity contribution in [1.29, 1.82) is 0 Å². The Balaban J connectivity index is 3.63. The number of hydrogen-bond acceptors (Lipinski definition) is 7. The molecule has 0 aromatic rings. The maximum absolute atomic E-state index is 9.83. The van der Waals surface area contributed by atoms with E-state index in [1.54, 1.807) is 0 Å². The molecule has 0 saturated heterocycles. The summed E-state index contributed by atoms with van der Waals surface area (Å²) in [5.41, 5.74) is 0. The largest absolute Gasteiger partial charge is 0.393 e. The van der Waals surface area contributed by atoms with Gasteiger partial charge in [-0.3, -0.25) is 0 Å². The predicted molar refractivity (Wildman–Crippen MR) is 71.7 cm³/mol. The highest BCUT2D eigenvalue weighted by Crippen LogP contribution is 2.12. The lowest BCUT2D eigenvalue weighted by Gasteiger charge is -2.15. The van der Waals surface area contributed by atoms with Crippen LogP contribution in [0.15, 0.2) is 9.98 Å². The fraction of sp³-hybridized carbons (Fsp3) is 0.846. The average molecular weight is 286 g/mol. The van der Waals surface area contributed by atoms with Gasteiger partial charge in [0.25, 0.3) is 0 Å². The zero-order chi connectivity index (χ0) is 15.2. The van der Waals surface area contributed by atoms with Crippen LogP contribution in [-0.2, 0) is 9.59 Å². The molecule has 7 heteroatoms. The molecule has 0 saturated carbocycles. The molecular weight excluding hydrogens is 264 g/mol. The average Bonchev–Trinajstić information content (AvgIpc) is 2.43. The lowest BCUT2D eigenvalue weighted by atomic mass is 10.0. The first-order valence-corrected chi connectivity index (χ1v) is 6.71. The summed E-state index contributed by atoms with van der Waals surface area (Å²) in [7, 11) is 0. The van der Waals surface area contributed by atoms with Crippen molar-refractivity contribution in [2.24, 2.45) is 9.98 Å². The lowest BCUT2D eigenvalue weighted by Crippen LogP contribution is -2.17. The van der Waals surface area contributed by atoms with Crippen molar-refractivity contribution in [3.05, 3.63) is 0 Å². The Morgan fingerprint density at radius 1 is 0.650 bits per heavy atom. The van der Waals surface area contributed by atoms with Crippen LogP contribution in [0.2, 0.25) is 0 Å². The molecule has 0 aromatic carbocycles. The van der Waals surface area contributed by atoms with Gasteiger partial charge in [-0.1, -0.05) is 0 Å². The van der Waals surface area contributed by atoms with E-state index in [1.165, 1.54) is 12.2 Å². The van der Waals surface area contributed by atoms with E-state index in [-0.39, 0.29) is 13.1 Å². The standard InChI is InChI=1S/C13H22N2O5/c16-9-14-7-5-12(19)3-1-11(18)2-4-13(20)6-8-15-10-17/h11-13,18-20H,1-8H2. The highest BCUT2D eigenvalue weighted by molar-refractivity contribution is 5.32. The molecule has 0 spiro atoms. The summed E-state index contributed by atoms with van der Waals surface area (Å²) in [5.74, 6) is 0. The summed E-state index contributed by atoms with van der Waals surface area (Å²) in [6.45, 7) is 0.466. The van der Waals surface area contributed by atoms with Gasteiger partial charge in [-0.15, -0.1) is 0 Å². The van der Waals surface area contributed by atoms with Gasteiger partial charge in [-0.25, -0.2) is 19.6 Å². The van der Waals surface area contributed by atoms with Gasteiger partial charge in [0.05, 0.1) is 31.4 Å². The number of isocyanates is 2. The molecule has 114 valence electrons. The summed E-state index contributed by atoms with van der Waals surface area (Å²) in [6.07, 6.45) is 3.41. The first-order valence-electron chi connectivity index (χ1n) is 6.71. The second-order valence-electron chi connectivity index (χ2n) is 4.64. The maximum atomic E-state index is 9.83. The summed E-state index contributed by atoms with van der Waals surface area (Å²) < 4.78 is 0. The minimum atomic E-state index is -0.603. The summed E-state index contributed by atoms with van der Waals surface area (Å²) in [4.78, 5) is 26.3. The first-order chi connectivity index (χ1) is 9.60. The van der Waals surface area contributed by atoms with Gasteiger partial charge in [0.15, 0.2) is 0 Å². The molecule has 0 aliphatic carbocycles. The first kappa shape index (κ1) is 18.6. The molecule has 7 nitrogen and oxygen atoms in total. The number of aliphatic hydroxyl groups excluding tert-OH is 3. The molecule has 0 heterocycles. The smallest absolute Gasteiger partial charge is 0.234 e. The van der Waals surface area contributed by atoms with Crippen molar-refractivity contribution in [3.63, 3.8) is 0 Å². The topological polar surface area (TPSA) is 120 Å². The molecule has 0 aliphatic rings. The summed E-state index contributed by atoms with van der Waals surface area (Å²) >= 11 is 0. The van der Waals surface area contributed by atoms with Crippen molar-refractivity contribution in [3.8, 4) is 0 Å². The number of rotatable bonds is 12. The molecule has 0 bridgehead atoms. The van der Waals surface area contributed by atoms with Crippen molar-refractivity contribution < 1.29 is 24.9 Å². The Bertz CT molecular complexity index is 306. The van der Waals surface area contributed by atoms with E-state index in [0.29, 0.717) is 38.5 Å². The van der Waals surface area contributed by atoms with Crippen LogP contribution in [0.3, 0.4) is 0 Å². The Labute approximate surface area is 118 Å². The van der Waals surface area contributed by atoms with E-state index < -0.39 is 18.3 Å². The van der Waals surface area contributed by atoms with E-state index >= 15 is 0 Å². The highest BCUT2D eigenvalue weighted by Gasteiger charge is 2.11. The fourth-order valence-electron chi connectivity index (χ4n) is 1.72. The molecule has 20 heavy (non-hydrogen) atoms. The van der Waals surface area contributed by atoms with Crippen LogP contribution >= 0.6 is 0 Å². The van der Waals surface area contributed by atoms with E-state index in [2.05, 4.69) is 9.98 Å². The fourth-order valence-corrected chi connectivity index (χ4v) is 1.72. The van der Waals surface area contributed by atoms with Crippen LogP contribution < -0.4 is 0 Å². The van der Waals surface area contributed by atoms with Gasteiger partial charge < -0.3 is 15.3 Å². The highest BCUT2D eigenvalue weighted by atomic mass is 16.3. The van der Waals surface area contributed by atoms with Crippen LogP contribution in [0.5, 0.6) is 0 Å². The van der Waals surface area contributed by atoms with E-state index in [0.717, 1.165) is 0 Å². The molecule has 2 unspecified atom stereocenters. The van der Waals surface area contributed by atoms with Crippen molar-refractivity contribution in [2.45, 2.75) is 56.8 Å². The lowest BCUT2D eigenvalue weighted by molar-refractivity contribution is 0.0852. The molecule has 2 atom stereocenters. The summed E-state index contributed by atoms with van der Waals surface area (Å²) in [6, 6.07) is 0. The van der Waals surface area contributed by atoms with Gasteiger partial charge in [0, 0.05) is 0 Å². The molecule has 0 fully saturated rings. The molecular formula is C13H22N2O5. The van der Waals surface area contributed by atoms with Gasteiger partial charge in [-0.05, 0) is 38.5 Å². The van der Waals surface area contributed by atoms with Crippen LogP contribution in [0.25, 0.3) is 0 Å². The normalized spacial score (nSPS) is 14.8. The van der Waals surface area contributed by atoms with Crippen LogP contribution in [0.4, 0.5) is 0 Å². The molecule has 0 aliphatic heterocycles. The number of hydrogen-bond donors (Lipinski definition) is 3. The van der Waals surface area contributed by atoms with Crippen molar-refractivity contribution >= 4 is 12.2 Å². The Morgan fingerprint density at radius 3 is 1.25 bits per heavy atom. The van der Waals surface area contributed by atoms with Crippen molar-refractivity contribution in [2.75, 3.05) is 13.1 Å². The minimum absolute atomic E-state index is 0.233. The SMILES string of the molecule is O=C=NCCC(O)CCC(O)CCC(O)CCN=C=O. The second kappa shape index (κ2) is 12.7.